The molecule has 6 nitrogen and oxygen atoms in total. The average molecular weight is 331 g/mol. The monoisotopic (exact) mass is 331 g/mol. The van der Waals surface area contributed by atoms with Crippen molar-refractivity contribution in [3.05, 3.63) is 36.4 Å². The zero-order valence-electron chi connectivity index (χ0n) is 12.5. The molecule has 3 rings (SSSR count). The summed E-state index contributed by atoms with van der Waals surface area (Å²) in [6.45, 7) is 0. The number of aromatic nitrogens is 1. The van der Waals surface area contributed by atoms with Crippen molar-refractivity contribution in [2.24, 2.45) is 5.92 Å². The van der Waals surface area contributed by atoms with E-state index in [0.717, 1.165) is 18.4 Å². The average Bonchev–Trinajstić information content (AvgIpc) is 3.19. The number of allylic oxidation sites excluding steroid dienone is 2. The molecule has 2 amide bonds. The van der Waals surface area contributed by atoms with Gasteiger partial charge in [-0.15, -0.1) is 0 Å². The van der Waals surface area contributed by atoms with Crippen molar-refractivity contribution < 1.29 is 14.0 Å². The van der Waals surface area contributed by atoms with E-state index in [-0.39, 0.29) is 23.5 Å². The molecule has 1 heterocycles. The van der Waals surface area contributed by atoms with Gasteiger partial charge in [-0.1, -0.05) is 36.0 Å². The van der Waals surface area contributed by atoms with Gasteiger partial charge in [-0.3, -0.25) is 20.4 Å². The third-order valence-electron chi connectivity index (χ3n) is 3.50. The lowest BCUT2D eigenvalue weighted by Gasteiger charge is -2.09. The number of thioether (sulfide) groups is 1. The van der Waals surface area contributed by atoms with Gasteiger partial charge < -0.3 is 4.42 Å². The number of benzene rings is 1. The van der Waals surface area contributed by atoms with Gasteiger partial charge in [-0.05, 0) is 30.9 Å². The van der Waals surface area contributed by atoms with E-state index >= 15 is 0 Å². The number of nitrogens with zero attached hydrogens (tertiary/aromatic N) is 1. The number of carbonyl (C=O) groups excluding carboxylic acids is 2. The summed E-state index contributed by atoms with van der Waals surface area (Å²) in [5.41, 5.74) is 6.29. The summed E-state index contributed by atoms with van der Waals surface area (Å²) in [7, 11) is 0. The summed E-state index contributed by atoms with van der Waals surface area (Å²) >= 11 is 1.19. The first-order chi connectivity index (χ1) is 11.2. The number of hydrogen-bond donors (Lipinski definition) is 2. The number of oxazole rings is 1. The van der Waals surface area contributed by atoms with Gasteiger partial charge in [0.1, 0.15) is 5.52 Å². The van der Waals surface area contributed by atoms with E-state index in [0.29, 0.717) is 17.2 Å². The van der Waals surface area contributed by atoms with Gasteiger partial charge in [0.15, 0.2) is 5.58 Å². The molecule has 120 valence electrons. The van der Waals surface area contributed by atoms with E-state index < -0.39 is 0 Å². The molecule has 2 aromatic rings. The Morgan fingerprint density at radius 3 is 2.87 bits per heavy atom. The first kappa shape index (κ1) is 15.6. The maximum Gasteiger partial charge on any atom is 0.257 e. The number of fused-ring (bicyclic) bond motifs is 1. The maximum atomic E-state index is 11.7. The minimum atomic E-state index is -0.299. The lowest BCUT2D eigenvalue weighted by molar-refractivity contribution is -0.128. The molecule has 0 saturated carbocycles. The Labute approximate surface area is 137 Å². The summed E-state index contributed by atoms with van der Waals surface area (Å²) in [5.74, 6) is -0.0773. The highest BCUT2D eigenvalue weighted by Gasteiger charge is 2.14. The largest absolute Gasteiger partial charge is 0.431 e. The van der Waals surface area contributed by atoms with Crippen LogP contribution < -0.4 is 10.9 Å². The number of hydrazine groups is 1. The smallest absolute Gasteiger partial charge is 0.257 e. The Balaban J connectivity index is 1.40. The summed E-state index contributed by atoms with van der Waals surface area (Å²) in [4.78, 5) is 27.7. The number of hydrogen-bond acceptors (Lipinski definition) is 5. The van der Waals surface area contributed by atoms with Gasteiger partial charge in [0.25, 0.3) is 5.22 Å². The second-order valence-electron chi connectivity index (χ2n) is 5.30. The molecule has 0 spiro atoms. The third kappa shape index (κ3) is 4.35. The summed E-state index contributed by atoms with van der Waals surface area (Å²) in [6, 6.07) is 7.41. The minimum absolute atomic E-state index is 0.121. The van der Waals surface area contributed by atoms with Gasteiger partial charge >= 0.3 is 0 Å². The van der Waals surface area contributed by atoms with Gasteiger partial charge in [-0.2, -0.15) is 0 Å². The fourth-order valence-corrected chi connectivity index (χ4v) is 3.01. The lowest BCUT2D eigenvalue weighted by atomic mass is 10.1. The van der Waals surface area contributed by atoms with E-state index in [1.165, 1.54) is 11.8 Å². The zero-order chi connectivity index (χ0) is 16.1. The predicted octanol–water partition coefficient (Wildman–Crippen LogP) is 2.42. The number of para-hydroxylation sites is 2. The van der Waals surface area contributed by atoms with Crippen molar-refractivity contribution in [3.8, 4) is 0 Å². The molecular formula is C16H17N3O3S. The maximum absolute atomic E-state index is 11.7. The molecule has 1 aliphatic carbocycles. The molecule has 1 aliphatic rings. The third-order valence-corrected chi connectivity index (χ3v) is 4.33. The van der Waals surface area contributed by atoms with Gasteiger partial charge in [0, 0.05) is 6.42 Å². The van der Waals surface area contributed by atoms with E-state index in [4.69, 9.17) is 4.42 Å². The molecule has 0 unspecified atom stereocenters. The Bertz CT molecular complexity index is 708. The number of rotatable bonds is 5. The molecule has 1 aromatic heterocycles. The summed E-state index contributed by atoms with van der Waals surface area (Å²) in [5, 5.41) is 0.434. The zero-order valence-corrected chi connectivity index (χ0v) is 13.3. The molecule has 1 atom stereocenters. The highest BCUT2D eigenvalue weighted by Crippen LogP contribution is 2.23. The number of carbonyl (C=O) groups is 2. The van der Waals surface area contributed by atoms with Gasteiger partial charge in [-0.25, -0.2) is 4.98 Å². The van der Waals surface area contributed by atoms with Crippen LogP contribution in [0.5, 0.6) is 0 Å². The quantitative estimate of drug-likeness (QED) is 0.499. The minimum Gasteiger partial charge on any atom is -0.431 e. The van der Waals surface area contributed by atoms with Crippen LogP contribution in [0.15, 0.2) is 46.1 Å². The van der Waals surface area contributed by atoms with Crippen LogP contribution in [-0.4, -0.2) is 22.6 Å². The summed E-state index contributed by atoms with van der Waals surface area (Å²) < 4.78 is 5.51. The van der Waals surface area contributed by atoms with Crippen LogP contribution in [0.3, 0.4) is 0 Å². The molecule has 23 heavy (non-hydrogen) atoms. The fraction of sp³-hybridized carbons (Fsp3) is 0.312. The first-order valence-electron chi connectivity index (χ1n) is 7.43. The van der Waals surface area contributed by atoms with Crippen molar-refractivity contribution in [2.45, 2.75) is 24.5 Å². The van der Waals surface area contributed by atoms with Crippen molar-refractivity contribution in [3.63, 3.8) is 0 Å². The topological polar surface area (TPSA) is 84.2 Å². The molecule has 0 radical (unpaired) electrons. The van der Waals surface area contributed by atoms with Crippen LogP contribution in [-0.2, 0) is 9.59 Å². The number of nitrogens with one attached hydrogen (secondary N) is 2. The van der Waals surface area contributed by atoms with Crippen LogP contribution in [0.25, 0.3) is 11.1 Å². The fourth-order valence-electron chi connectivity index (χ4n) is 2.37. The van der Waals surface area contributed by atoms with Crippen LogP contribution in [0.4, 0.5) is 0 Å². The van der Waals surface area contributed by atoms with E-state index in [1.807, 2.05) is 30.3 Å². The molecule has 0 bridgehead atoms. The SMILES string of the molecule is O=C(CSc1nc2ccccc2o1)NNC(=O)C[C@@H]1C=CCC1. The molecule has 0 fully saturated rings. The van der Waals surface area contributed by atoms with E-state index in [9.17, 15) is 9.59 Å². The molecule has 7 heteroatoms. The molecular weight excluding hydrogens is 314 g/mol. The van der Waals surface area contributed by atoms with E-state index in [1.54, 1.807) is 0 Å². The van der Waals surface area contributed by atoms with Crippen LogP contribution in [0.1, 0.15) is 19.3 Å². The Morgan fingerprint density at radius 1 is 1.26 bits per heavy atom. The Hall–Kier alpha value is -2.28. The van der Waals surface area contributed by atoms with E-state index in [2.05, 4.69) is 21.9 Å². The van der Waals surface area contributed by atoms with Crippen molar-refractivity contribution in [1.82, 2.24) is 15.8 Å². The van der Waals surface area contributed by atoms with Crippen LogP contribution in [0.2, 0.25) is 0 Å². The predicted molar refractivity (Wildman–Crippen MR) is 87.5 cm³/mol. The second-order valence-corrected chi connectivity index (χ2v) is 6.23. The highest BCUT2D eigenvalue weighted by atomic mass is 32.2. The lowest BCUT2D eigenvalue weighted by Crippen LogP contribution is -2.42. The summed E-state index contributed by atoms with van der Waals surface area (Å²) in [6.07, 6.45) is 6.54. The molecule has 2 N–H and O–H groups in total. The molecule has 0 aliphatic heterocycles. The Morgan fingerprint density at radius 2 is 2.09 bits per heavy atom. The molecule has 1 aromatic carbocycles. The first-order valence-corrected chi connectivity index (χ1v) is 8.42. The Kier molecular flexibility index (Phi) is 4.97. The normalized spacial score (nSPS) is 16.6. The van der Waals surface area contributed by atoms with Crippen molar-refractivity contribution in [2.75, 3.05) is 5.75 Å². The van der Waals surface area contributed by atoms with Gasteiger partial charge in [0.05, 0.1) is 5.75 Å². The van der Waals surface area contributed by atoms with Crippen molar-refractivity contribution >= 4 is 34.7 Å². The van der Waals surface area contributed by atoms with Gasteiger partial charge in [0.2, 0.25) is 11.8 Å². The van der Waals surface area contributed by atoms with Crippen LogP contribution >= 0.6 is 11.8 Å². The number of amides is 2. The van der Waals surface area contributed by atoms with Crippen LogP contribution in [0, 0.1) is 5.92 Å². The molecule has 0 saturated heterocycles. The standard InChI is InChI=1S/C16H17N3O3S/c20-14(9-11-5-1-2-6-11)18-19-15(21)10-23-16-17-12-7-3-4-8-13(12)22-16/h1,3-5,7-8,11H,2,6,9-10H2,(H,18,20)(H,19,21)/t11-/m1/s1. The second kappa shape index (κ2) is 7.32. The highest BCUT2D eigenvalue weighted by molar-refractivity contribution is 7.99. The van der Waals surface area contributed by atoms with Crippen molar-refractivity contribution in [1.29, 1.82) is 0 Å².